The van der Waals surface area contributed by atoms with Gasteiger partial charge in [-0.1, -0.05) is 21.1 Å². The molecule has 0 aliphatic carbocycles. The molecule has 0 spiro atoms. The van der Waals surface area contributed by atoms with E-state index in [1.54, 1.807) is 12.1 Å². The number of ether oxygens (including phenoxy) is 1. The number of methoxy groups -OCH3 is 1. The summed E-state index contributed by atoms with van der Waals surface area (Å²) in [7, 11) is 1.48. The van der Waals surface area contributed by atoms with E-state index < -0.39 is 0 Å². The largest absolute Gasteiger partial charge is 0.504 e. The van der Waals surface area contributed by atoms with Crippen LogP contribution < -0.4 is 10.5 Å². The fourth-order valence-electron chi connectivity index (χ4n) is 1.59. The summed E-state index contributed by atoms with van der Waals surface area (Å²) in [6.45, 7) is 1.85. The number of nitrogens with two attached hydrogens (primary N) is 1. The van der Waals surface area contributed by atoms with E-state index in [1.165, 1.54) is 7.11 Å². The van der Waals surface area contributed by atoms with E-state index in [1.807, 2.05) is 6.92 Å². The van der Waals surface area contributed by atoms with Crippen LogP contribution in [0.3, 0.4) is 0 Å². The van der Waals surface area contributed by atoms with Crippen molar-refractivity contribution in [3.8, 4) is 22.8 Å². The molecule has 0 saturated carbocycles. The first-order valence-electron chi connectivity index (χ1n) is 4.83. The quantitative estimate of drug-likeness (QED) is 0.891. The molecule has 0 aliphatic heterocycles. The fraction of sp³-hybridized carbons (Fsp3) is 0.182. The number of hydrogen-bond donors (Lipinski definition) is 2. The lowest BCUT2D eigenvalue weighted by Crippen LogP contribution is -1.91. The second-order valence-corrected chi connectivity index (χ2v) is 4.38. The molecule has 0 radical (unpaired) electrons. The molecule has 0 bridgehead atoms. The molecule has 6 heteroatoms. The Morgan fingerprint density at radius 3 is 2.71 bits per heavy atom. The topological polar surface area (TPSA) is 81.5 Å². The van der Waals surface area contributed by atoms with Crippen molar-refractivity contribution in [2.24, 2.45) is 0 Å². The van der Waals surface area contributed by atoms with E-state index in [2.05, 4.69) is 21.1 Å². The average Bonchev–Trinajstić information content (AvgIpc) is 2.70. The van der Waals surface area contributed by atoms with Gasteiger partial charge in [-0.2, -0.15) is 0 Å². The molecule has 3 N–H and O–H groups in total. The van der Waals surface area contributed by atoms with Gasteiger partial charge in [0.1, 0.15) is 5.69 Å². The minimum Gasteiger partial charge on any atom is -0.504 e. The summed E-state index contributed by atoms with van der Waals surface area (Å²) >= 11 is 3.40. The van der Waals surface area contributed by atoms with Crippen LogP contribution in [0, 0.1) is 6.92 Å². The van der Waals surface area contributed by atoms with Gasteiger partial charge in [0.25, 0.3) is 0 Å². The van der Waals surface area contributed by atoms with E-state index in [4.69, 9.17) is 15.0 Å². The molecule has 2 aromatic rings. The van der Waals surface area contributed by atoms with E-state index in [-0.39, 0.29) is 11.6 Å². The molecule has 17 heavy (non-hydrogen) atoms. The number of phenols is 1. The summed E-state index contributed by atoms with van der Waals surface area (Å²) in [5.74, 6) is 0.568. The molecule has 0 saturated heterocycles. The Morgan fingerprint density at radius 2 is 2.18 bits per heavy atom. The van der Waals surface area contributed by atoms with Crippen LogP contribution in [0.4, 0.5) is 5.88 Å². The number of anilines is 1. The number of benzene rings is 1. The highest BCUT2D eigenvalue weighted by Crippen LogP contribution is 2.42. The second-order valence-electron chi connectivity index (χ2n) is 3.52. The molecule has 0 fully saturated rings. The number of aromatic hydroxyl groups is 1. The van der Waals surface area contributed by atoms with Gasteiger partial charge < -0.3 is 20.1 Å². The Morgan fingerprint density at radius 1 is 1.47 bits per heavy atom. The highest BCUT2D eigenvalue weighted by atomic mass is 79.9. The second kappa shape index (κ2) is 4.29. The number of halogens is 1. The number of nitrogens with zero attached hydrogens (tertiary/aromatic N) is 1. The lowest BCUT2D eigenvalue weighted by atomic mass is 10.0. The van der Waals surface area contributed by atoms with Crippen LogP contribution >= 0.6 is 15.9 Å². The summed E-state index contributed by atoms with van der Waals surface area (Å²) in [4.78, 5) is 0. The van der Waals surface area contributed by atoms with E-state index >= 15 is 0 Å². The van der Waals surface area contributed by atoms with Gasteiger partial charge in [-0.3, -0.25) is 0 Å². The summed E-state index contributed by atoms with van der Waals surface area (Å²) in [5.41, 5.74) is 7.31. The predicted octanol–water partition coefficient (Wildman–Crippen LogP) is 2.71. The van der Waals surface area contributed by atoms with Crippen molar-refractivity contribution in [2.45, 2.75) is 6.92 Å². The van der Waals surface area contributed by atoms with E-state index in [0.29, 0.717) is 17.0 Å². The van der Waals surface area contributed by atoms with Crippen LogP contribution in [0.25, 0.3) is 11.3 Å². The van der Waals surface area contributed by atoms with Gasteiger partial charge in [0.15, 0.2) is 11.5 Å². The smallest absolute Gasteiger partial charge is 0.222 e. The third-order valence-corrected chi connectivity index (χ3v) is 3.29. The predicted molar refractivity (Wildman–Crippen MR) is 67.0 cm³/mol. The van der Waals surface area contributed by atoms with Crippen molar-refractivity contribution >= 4 is 21.8 Å². The SMILES string of the molecule is COc1cc(Br)c(C)c(-c2cc(N)on2)c1O. The molecule has 0 unspecified atom stereocenters. The van der Waals surface area contributed by atoms with Crippen molar-refractivity contribution in [3.05, 3.63) is 22.2 Å². The summed E-state index contributed by atoms with van der Waals surface area (Å²) in [6, 6.07) is 3.24. The minimum absolute atomic E-state index is 0.0153. The lowest BCUT2D eigenvalue weighted by Gasteiger charge is -2.11. The normalized spacial score (nSPS) is 10.5. The van der Waals surface area contributed by atoms with Crippen LogP contribution in [0.2, 0.25) is 0 Å². The zero-order valence-corrected chi connectivity index (χ0v) is 10.9. The minimum atomic E-state index is 0.0153. The van der Waals surface area contributed by atoms with Crippen LogP contribution in [0.15, 0.2) is 21.1 Å². The molecule has 1 aromatic heterocycles. The number of rotatable bonds is 2. The van der Waals surface area contributed by atoms with Crippen molar-refractivity contribution in [3.63, 3.8) is 0 Å². The van der Waals surface area contributed by atoms with Crippen molar-refractivity contribution < 1.29 is 14.4 Å². The van der Waals surface area contributed by atoms with Crippen LogP contribution in [-0.2, 0) is 0 Å². The molecule has 1 aromatic carbocycles. The van der Waals surface area contributed by atoms with Crippen LogP contribution in [-0.4, -0.2) is 17.4 Å². The molecular formula is C11H11BrN2O3. The summed E-state index contributed by atoms with van der Waals surface area (Å²) < 4.78 is 10.7. The zero-order valence-electron chi connectivity index (χ0n) is 9.32. The Kier molecular flexibility index (Phi) is 2.97. The maximum absolute atomic E-state index is 10.1. The first-order chi connectivity index (χ1) is 8.04. The van der Waals surface area contributed by atoms with Gasteiger partial charge in [0, 0.05) is 10.5 Å². The fourth-order valence-corrected chi connectivity index (χ4v) is 1.99. The zero-order chi connectivity index (χ0) is 12.6. The third kappa shape index (κ3) is 1.95. The highest BCUT2D eigenvalue weighted by molar-refractivity contribution is 9.10. The highest BCUT2D eigenvalue weighted by Gasteiger charge is 2.18. The molecule has 0 amide bonds. The Labute approximate surface area is 106 Å². The number of nitrogen functional groups attached to an aromatic ring is 1. The maximum Gasteiger partial charge on any atom is 0.222 e. The molecule has 1 heterocycles. The standard InChI is InChI=1S/C11H11BrN2O3/c1-5-6(12)3-8(16-2)11(15)10(5)7-4-9(13)17-14-7/h3-4,15H,13H2,1-2H3. The Balaban J connectivity index is 2.71. The number of hydrogen-bond acceptors (Lipinski definition) is 5. The molecular weight excluding hydrogens is 288 g/mol. The monoisotopic (exact) mass is 298 g/mol. The van der Waals surface area contributed by atoms with Gasteiger partial charge in [-0.25, -0.2) is 0 Å². The van der Waals surface area contributed by atoms with Gasteiger partial charge in [0.05, 0.1) is 12.7 Å². The van der Waals surface area contributed by atoms with Gasteiger partial charge in [0.2, 0.25) is 5.88 Å². The van der Waals surface area contributed by atoms with Crippen LogP contribution in [0.1, 0.15) is 5.56 Å². The third-order valence-electron chi connectivity index (χ3n) is 2.47. The van der Waals surface area contributed by atoms with Crippen molar-refractivity contribution in [2.75, 3.05) is 12.8 Å². The summed E-state index contributed by atoms with van der Waals surface area (Å²) in [6.07, 6.45) is 0. The molecule has 0 aliphatic rings. The van der Waals surface area contributed by atoms with Crippen molar-refractivity contribution in [1.29, 1.82) is 0 Å². The van der Waals surface area contributed by atoms with E-state index in [9.17, 15) is 5.11 Å². The lowest BCUT2D eigenvalue weighted by molar-refractivity contribution is 0.373. The first kappa shape index (κ1) is 11.8. The first-order valence-corrected chi connectivity index (χ1v) is 5.62. The van der Waals surface area contributed by atoms with Gasteiger partial charge in [-0.15, -0.1) is 0 Å². The maximum atomic E-state index is 10.1. The molecule has 90 valence electrons. The molecule has 2 rings (SSSR count). The van der Waals surface area contributed by atoms with E-state index in [0.717, 1.165) is 10.0 Å². The van der Waals surface area contributed by atoms with Crippen LogP contribution in [0.5, 0.6) is 11.5 Å². The van der Waals surface area contributed by atoms with Gasteiger partial charge in [-0.05, 0) is 18.6 Å². The van der Waals surface area contributed by atoms with Crippen molar-refractivity contribution in [1.82, 2.24) is 5.16 Å². The Bertz CT molecular complexity index is 566. The summed E-state index contributed by atoms with van der Waals surface area (Å²) in [5, 5.41) is 13.9. The molecule has 5 nitrogen and oxygen atoms in total. The molecule has 0 atom stereocenters. The van der Waals surface area contributed by atoms with Gasteiger partial charge >= 0.3 is 0 Å². The Hall–Kier alpha value is -1.69. The number of aromatic nitrogens is 1. The average molecular weight is 299 g/mol. The number of phenolic OH excluding ortho intramolecular Hbond substituents is 1.